The van der Waals surface area contributed by atoms with Crippen LogP contribution < -0.4 is 10.6 Å². The molecule has 0 radical (unpaired) electrons. The molecule has 2 aromatic rings. The second-order valence-electron chi connectivity index (χ2n) is 5.30. The highest BCUT2D eigenvalue weighted by molar-refractivity contribution is 9.10. The van der Waals surface area contributed by atoms with Crippen LogP contribution in [0, 0.1) is 0 Å². The Balaban J connectivity index is 2.21. The predicted molar refractivity (Wildman–Crippen MR) is 101 cm³/mol. The Hall–Kier alpha value is -2.93. The van der Waals surface area contributed by atoms with E-state index in [2.05, 4.69) is 26.6 Å². The van der Waals surface area contributed by atoms with E-state index >= 15 is 0 Å². The number of hydrogen-bond acceptors (Lipinski definition) is 3. The van der Waals surface area contributed by atoms with Crippen LogP contribution in [0.4, 0.5) is 0 Å². The van der Waals surface area contributed by atoms with Crippen LogP contribution in [-0.4, -0.2) is 29.4 Å². The Labute approximate surface area is 159 Å². The normalized spacial score (nSPS) is 10.9. The van der Waals surface area contributed by atoms with E-state index < -0.39 is 17.8 Å². The maximum Gasteiger partial charge on any atom is 0.305 e. The van der Waals surface area contributed by atoms with Crippen LogP contribution in [0.2, 0.25) is 0 Å². The van der Waals surface area contributed by atoms with Crippen molar-refractivity contribution in [3.63, 3.8) is 0 Å². The number of nitrogens with one attached hydrogen (secondary N) is 2. The molecular weight excluding hydrogens is 400 g/mol. The minimum absolute atomic E-state index is 0.0299. The van der Waals surface area contributed by atoms with E-state index in [1.807, 2.05) is 6.07 Å². The van der Waals surface area contributed by atoms with Crippen LogP contribution in [0.25, 0.3) is 6.08 Å². The second-order valence-corrected chi connectivity index (χ2v) is 6.16. The van der Waals surface area contributed by atoms with Crippen molar-refractivity contribution in [2.24, 2.45) is 0 Å². The molecule has 2 aromatic carbocycles. The van der Waals surface area contributed by atoms with Gasteiger partial charge in [0.1, 0.15) is 5.70 Å². The van der Waals surface area contributed by atoms with Crippen molar-refractivity contribution < 1.29 is 19.5 Å². The zero-order chi connectivity index (χ0) is 18.9. The monoisotopic (exact) mass is 416 g/mol. The van der Waals surface area contributed by atoms with Crippen LogP contribution in [0.15, 0.2) is 64.8 Å². The lowest BCUT2D eigenvalue weighted by Gasteiger charge is -2.11. The summed E-state index contributed by atoms with van der Waals surface area (Å²) in [6.45, 7) is -0.0365. The molecule has 0 saturated carbocycles. The fourth-order valence-corrected chi connectivity index (χ4v) is 2.55. The summed E-state index contributed by atoms with van der Waals surface area (Å²) >= 11 is 3.30. The first-order valence-electron chi connectivity index (χ1n) is 7.80. The Morgan fingerprint density at radius 2 is 1.65 bits per heavy atom. The number of benzene rings is 2. The molecule has 0 bridgehead atoms. The lowest BCUT2D eigenvalue weighted by Crippen LogP contribution is -2.35. The van der Waals surface area contributed by atoms with E-state index in [0.29, 0.717) is 10.0 Å². The topological polar surface area (TPSA) is 95.5 Å². The standard InChI is InChI=1S/C19H17BrN2O4/c20-15-9-5-4-8-14(15)18(25)22-16(12-13-6-2-1-3-7-13)19(26)21-11-10-17(23)24/h1-9,12H,10-11H2,(H,21,26)(H,22,25)(H,23,24)/b16-12+. The highest BCUT2D eigenvalue weighted by atomic mass is 79.9. The van der Waals surface area contributed by atoms with Gasteiger partial charge in [-0.05, 0) is 39.7 Å². The fraction of sp³-hybridized carbons (Fsp3) is 0.105. The molecule has 6 nitrogen and oxygen atoms in total. The fourth-order valence-electron chi connectivity index (χ4n) is 2.09. The summed E-state index contributed by atoms with van der Waals surface area (Å²) in [5.74, 6) is -2.03. The average Bonchev–Trinajstić information content (AvgIpc) is 2.62. The molecule has 0 atom stereocenters. The number of carboxylic acid groups (broad SMARTS) is 1. The van der Waals surface area contributed by atoms with Crippen molar-refractivity contribution in [3.05, 3.63) is 75.9 Å². The molecule has 2 amide bonds. The average molecular weight is 417 g/mol. The number of carboxylic acids is 1. The lowest BCUT2D eigenvalue weighted by atomic mass is 10.1. The van der Waals surface area contributed by atoms with Gasteiger partial charge in [-0.1, -0.05) is 42.5 Å². The number of hydrogen-bond donors (Lipinski definition) is 3. The van der Waals surface area contributed by atoms with Crippen molar-refractivity contribution in [3.8, 4) is 0 Å². The van der Waals surface area contributed by atoms with Crippen molar-refractivity contribution >= 4 is 39.8 Å². The van der Waals surface area contributed by atoms with Crippen molar-refractivity contribution in [2.75, 3.05) is 6.54 Å². The molecule has 2 rings (SSSR count). The molecule has 3 N–H and O–H groups in total. The lowest BCUT2D eigenvalue weighted by molar-refractivity contribution is -0.136. The first kappa shape index (κ1) is 19.4. The van der Waals surface area contributed by atoms with Crippen LogP contribution in [-0.2, 0) is 9.59 Å². The molecule has 0 heterocycles. The van der Waals surface area contributed by atoms with Gasteiger partial charge < -0.3 is 15.7 Å². The summed E-state index contributed by atoms with van der Waals surface area (Å²) < 4.78 is 0.600. The van der Waals surface area contributed by atoms with Crippen molar-refractivity contribution in [1.29, 1.82) is 0 Å². The van der Waals surface area contributed by atoms with Gasteiger partial charge in [0, 0.05) is 11.0 Å². The molecule has 0 aliphatic carbocycles. The van der Waals surface area contributed by atoms with Crippen LogP contribution in [0.1, 0.15) is 22.3 Å². The third kappa shape index (κ3) is 5.86. The smallest absolute Gasteiger partial charge is 0.305 e. The van der Waals surface area contributed by atoms with Crippen LogP contribution in [0.3, 0.4) is 0 Å². The quantitative estimate of drug-likeness (QED) is 0.604. The summed E-state index contributed by atoms with van der Waals surface area (Å²) in [6.07, 6.45) is 1.33. The van der Waals surface area contributed by atoms with Gasteiger partial charge in [-0.3, -0.25) is 14.4 Å². The van der Waals surface area contributed by atoms with Crippen LogP contribution in [0.5, 0.6) is 0 Å². The summed E-state index contributed by atoms with van der Waals surface area (Å²) in [6, 6.07) is 15.9. The minimum Gasteiger partial charge on any atom is -0.481 e. The van der Waals surface area contributed by atoms with Gasteiger partial charge in [0.2, 0.25) is 0 Å². The highest BCUT2D eigenvalue weighted by Gasteiger charge is 2.16. The largest absolute Gasteiger partial charge is 0.481 e. The van der Waals surface area contributed by atoms with E-state index in [1.165, 1.54) is 6.08 Å². The van der Waals surface area contributed by atoms with Gasteiger partial charge in [0.15, 0.2) is 0 Å². The Kier molecular flexibility index (Phi) is 7.11. The summed E-state index contributed by atoms with van der Waals surface area (Å²) in [5, 5.41) is 13.8. The number of amides is 2. The van der Waals surface area contributed by atoms with E-state index in [9.17, 15) is 14.4 Å². The molecule has 0 aliphatic heterocycles. The van der Waals surface area contributed by atoms with Gasteiger partial charge in [0.25, 0.3) is 11.8 Å². The summed E-state index contributed by atoms with van der Waals surface area (Å²) in [5.41, 5.74) is 1.13. The molecular formula is C19H17BrN2O4. The maximum absolute atomic E-state index is 12.5. The highest BCUT2D eigenvalue weighted by Crippen LogP contribution is 2.16. The van der Waals surface area contributed by atoms with Crippen molar-refractivity contribution in [2.45, 2.75) is 6.42 Å². The third-order valence-electron chi connectivity index (χ3n) is 3.35. The van der Waals surface area contributed by atoms with Gasteiger partial charge in [-0.2, -0.15) is 0 Å². The zero-order valence-corrected chi connectivity index (χ0v) is 15.3. The molecule has 0 spiro atoms. The molecule has 7 heteroatoms. The molecule has 0 saturated heterocycles. The molecule has 26 heavy (non-hydrogen) atoms. The minimum atomic E-state index is -1.02. The zero-order valence-electron chi connectivity index (χ0n) is 13.7. The van der Waals surface area contributed by atoms with E-state index in [4.69, 9.17) is 5.11 Å². The van der Waals surface area contributed by atoms with Gasteiger partial charge in [-0.15, -0.1) is 0 Å². The number of aliphatic carboxylic acids is 1. The molecule has 0 unspecified atom stereocenters. The van der Waals surface area contributed by atoms with Gasteiger partial charge in [0.05, 0.1) is 12.0 Å². The Bertz CT molecular complexity index is 834. The summed E-state index contributed by atoms with van der Waals surface area (Å²) in [7, 11) is 0. The van der Waals surface area contributed by atoms with Gasteiger partial charge in [-0.25, -0.2) is 0 Å². The first-order chi connectivity index (χ1) is 12.5. The third-order valence-corrected chi connectivity index (χ3v) is 4.04. The molecule has 0 fully saturated rings. The first-order valence-corrected chi connectivity index (χ1v) is 8.59. The predicted octanol–water partition coefficient (Wildman–Crippen LogP) is 2.81. The van der Waals surface area contributed by atoms with Crippen LogP contribution >= 0.6 is 15.9 Å². The Morgan fingerprint density at radius 1 is 1.00 bits per heavy atom. The van der Waals surface area contributed by atoms with Gasteiger partial charge >= 0.3 is 5.97 Å². The molecule has 0 aliphatic rings. The number of halogens is 1. The number of carbonyl (C=O) groups is 3. The van der Waals surface area contributed by atoms with E-state index in [1.54, 1.807) is 48.5 Å². The van der Waals surface area contributed by atoms with Crippen molar-refractivity contribution in [1.82, 2.24) is 10.6 Å². The SMILES string of the molecule is O=C(O)CCNC(=O)/C(=C\c1ccccc1)NC(=O)c1ccccc1Br. The van der Waals surface area contributed by atoms with E-state index in [-0.39, 0.29) is 18.7 Å². The second kappa shape index (κ2) is 9.53. The van der Waals surface area contributed by atoms with E-state index in [0.717, 1.165) is 5.56 Å². The molecule has 0 aromatic heterocycles. The summed E-state index contributed by atoms with van der Waals surface area (Å²) in [4.78, 5) is 35.5. The number of rotatable bonds is 7. The Morgan fingerprint density at radius 3 is 2.31 bits per heavy atom. The molecule has 134 valence electrons. The maximum atomic E-state index is 12.5. The number of carbonyl (C=O) groups excluding carboxylic acids is 2.